The van der Waals surface area contributed by atoms with Crippen molar-refractivity contribution in [2.75, 3.05) is 19.0 Å². The Morgan fingerprint density at radius 1 is 1.38 bits per heavy atom. The summed E-state index contributed by atoms with van der Waals surface area (Å²) < 4.78 is 10.6. The summed E-state index contributed by atoms with van der Waals surface area (Å²) in [6.45, 7) is 2.85. The Morgan fingerprint density at radius 3 is 2.81 bits per heavy atom. The van der Waals surface area contributed by atoms with E-state index in [2.05, 4.69) is 17.6 Å². The van der Waals surface area contributed by atoms with Crippen LogP contribution in [0.25, 0.3) is 10.4 Å². The van der Waals surface area contributed by atoms with Gasteiger partial charge in [-0.05, 0) is 43.6 Å². The lowest BCUT2D eigenvalue weighted by molar-refractivity contribution is 0.0602. The molecule has 1 aliphatic heterocycles. The number of carbonyl (C=O) groups is 1. The van der Waals surface area contributed by atoms with Crippen LogP contribution in [-0.2, 0) is 9.47 Å². The van der Waals surface area contributed by atoms with Gasteiger partial charge in [0, 0.05) is 11.5 Å². The van der Waals surface area contributed by atoms with Crippen molar-refractivity contribution in [2.24, 2.45) is 0 Å². The molecule has 2 N–H and O–H groups in total. The topological polar surface area (TPSA) is 59.6 Å². The third kappa shape index (κ3) is 4.41. The summed E-state index contributed by atoms with van der Waals surface area (Å²) >= 11 is 6.91. The second-order valence-corrected chi connectivity index (χ2v) is 7.61. The molecule has 138 valence electrons. The highest BCUT2D eigenvalue weighted by molar-refractivity contribution is 7.80. The third-order valence-electron chi connectivity index (χ3n) is 4.30. The fraction of sp³-hybridized carbons (Fsp3) is 0.368. The Balaban J connectivity index is 1.76. The van der Waals surface area contributed by atoms with Gasteiger partial charge in [0.05, 0.1) is 24.8 Å². The lowest BCUT2D eigenvalue weighted by atomic mass is 10.1. The molecule has 0 amide bonds. The largest absolute Gasteiger partial charge is 0.465 e. The maximum absolute atomic E-state index is 12.2. The van der Waals surface area contributed by atoms with E-state index in [1.54, 1.807) is 0 Å². The third-order valence-corrected chi connectivity index (χ3v) is 5.62. The van der Waals surface area contributed by atoms with Gasteiger partial charge in [-0.15, -0.1) is 11.3 Å². The number of hydrogen-bond acceptors (Lipinski definition) is 5. The second kappa shape index (κ2) is 8.62. The van der Waals surface area contributed by atoms with Crippen LogP contribution in [0.5, 0.6) is 0 Å². The summed E-state index contributed by atoms with van der Waals surface area (Å²) in [4.78, 5) is 13.1. The summed E-state index contributed by atoms with van der Waals surface area (Å²) in [6.07, 6.45) is 2.27. The monoisotopic (exact) mass is 390 g/mol. The number of anilines is 1. The van der Waals surface area contributed by atoms with E-state index in [9.17, 15) is 4.79 Å². The highest BCUT2D eigenvalue weighted by Crippen LogP contribution is 2.35. The van der Waals surface area contributed by atoms with E-state index < -0.39 is 0 Å². The van der Waals surface area contributed by atoms with E-state index in [0.717, 1.165) is 29.9 Å². The van der Waals surface area contributed by atoms with Gasteiger partial charge in [-0.1, -0.05) is 30.3 Å². The molecule has 26 heavy (non-hydrogen) atoms. The molecule has 1 aliphatic rings. The van der Waals surface area contributed by atoms with Gasteiger partial charge in [0.25, 0.3) is 0 Å². The van der Waals surface area contributed by atoms with Gasteiger partial charge in [-0.25, -0.2) is 4.79 Å². The molecule has 2 heterocycles. The number of esters is 1. The number of rotatable bonds is 5. The van der Waals surface area contributed by atoms with E-state index in [1.165, 1.54) is 18.4 Å². The second-order valence-electron chi connectivity index (χ2n) is 6.15. The number of thiocarbonyl (C=S) groups is 1. The number of carbonyl (C=O) groups excluding carboxylic acids is 1. The van der Waals surface area contributed by atoms with Crippen molar-refractivity contribution >= 4 is 39.6 Å². The zero-order chi connectivity index (χ0) is 18.5. The first kappa shape index (κ1) is 18.8. The average Bonchev–Trinajstić information content (AvgIpc) is 3.32. The van der Waals surface area contributed by atoms with Crippen LogP contribution in [0, 0.1) is 0 Å². The van der Waals surface area contributed by atoms with Crippen molar-refractivity contribution < 1.29 is 14.3 Å². The highest BCUT2D eigenvalue weighted by Gasteiger charge is 2.24. The Hall–Kier alpha value is -1.96. The summed E-state index contributed by atoms with van der Waals surface area (Å²) in [6, 6.07) is 11.8. The SMILES string of the molecule is COC(=O)c1cc(-c2ccccc2)sc1NC(=S)NC(C)C1CCCO1. The fourth-order valence-corrected chi connectivity index (χ4v) is 4.33. The molecule has 2 aromatic rings. The minimum absolute atomic E-state index is 0.104. The van der Waals surface area contributed by atoms with E-state index in [-0.39, 0.29) is 18.1 Å². The Labute approximate surface area is 162 Å². The van der Waals surface area contributed by atoms with Crippen LogP contribution in [0.1, 0.15) is 30.1 Å². The number of hydrogen-bond donors (Lipinski definition) is 2. The molecule has 1 aromatic carbocycles. The molecule has 1 saturated heterocycles. The van der Waals surface area contributed by atoms with E-state index >= 15 is 0 Å². The number of ether oxygens (including phenoxy) is 2. The van der Waals surface area contributed by atoms with Gasteiger partial charge < -0.3 is 20.1 Å². The molecule has 0 aliphatic carbocycles. The predicted molar refractivity (Wildman–Crippen MR) is 109 cm³/mol. The summed E-state index contributed by atoms with van der Waals surface area (Å²) in [5.74, 6) is -0.388. The highest BCUT2D eigenvalue weighted by atomic mass is 32.1. The standard InChI is InChI=1S/C19H22N2O3S2/c1-12(15-9-6-10-24-15)20-19(25)21-17-14(18(22)23-2)11-16(26-17)13-7-4-3-5-8-13/h3-5,7-8,11-12,15H,6,9-10H2,1-2H3,(H2,20,21,25). The number of thiophene rings is 1. The van der Waals surface area contributed by atoms with Gasteiger partial charge in [0.1, 0.15) is 5.00 Å². The molecule has 0 saturated carbocycles. The number of methoxy groups -OCH3 is 1. The van der Waals surface area contributed by atoms with Gasteiger partial charge in [-0.3, -0.25) is 0 Å². The molecule has 0 spiro atoms. The Morgan fingerprint density at radius 2 is 2.15 bits per heavy atom. The maximum atomic E-state index is 12.2. The molecule has 1 fully saturated rings. The van der Waals surface area contributed by atoms with Crippen LogP contribution in [0.3, 0.4) is 0 Å². The van der Waals surface area contributed by atoms with Gasteiger partial charge in [-0.2, -0.15) is 0 Å². The molecule has 2 unspecified atom stereocenters. The first-order chi connectivity index (χ1) is 12.6. The molecule has 3 rings (SSSR count). The minimum Gasteiger partial charge on any atom is -0.465 e. The summed E-state index contributed by atoms with van der Waals surface area (Å²) in [5, 5.41) is 7.55. The van der Waals surface area contributed by atoms with Gasteiger partial charge >= 0.3 is 5.97 Å². The predicted octanol–water partition coefficient (Wildman–Crippen LogP) is 4.06. The zero-order valence-corrected chi connectivity index (χ0v) is 16.4. The molecule has 5 nitrogen and oxygen atoms in total. The van der Waals surface area contributed by atoms with Crippen LogP contribution in [0.4, 0.5) is 5.00 Å². The molecule has 0 bridgehead atoms. The first-order valence-electron chi connectivity index (χ1n) is 8.55. The first-order valence-corrected chi connectivity index (χ1v) is 9.77. The average molecular weight is 391 g/mol. The van der Waals surface area contributed by atoms with Crippen molar-refractivity contribution in [3.63, 3.8) is 0 Å². The summed E-state index contributed by atoms with van der Waals surface area (Å²) in [7, 11) is 1.38. The van der Waals surface area contributed by atoms with Crippen molar-refractivity contribution in [1.82, 2.24) is 5.32 Å². The number of nitrogens with one attached hydrogen (secondary N) is 2. The van der Waals surface area contributed by atoms with Crippen LogP contribution in [0.15, 0.2) is 36.4 Å². The van der Waals surface area contributed by atoms with Crippen LogP contribution >= 0.6 is 23.6 Å². The Kier molecular flexibility index (Phi) is 6.24. The molecular weight excluding hydrogens is 368 g/mol. The van der Waals surface area contributed by atoms with Crippen molar-refractivity contribution in [3.05, 3.63) is 42.0 Å². The quantitative estimate of drug-likeness (QED) is 0.593. The zero-order valence-electron chi connectivity index (χ0n) is 14.8. The van der Waals surface area contributed by atoms with Gasteiger partial charge in [0.2, 0.25) is 0 Å². The fourth-order valence-electron chi connectivity index (χ4n) is 2.93. The molecule has 7 heteroatoms. The lowest BCUT2D eigenvalue weighted by Crippen LogP contribution is -2.42. The van der Waals surface area contributed by atoms with Crippen LogP contribution < -0.4 is 10.6 Å². The molecule has 1 aromatic heterocycles. The van der Waals surface area contributed by atoms with Crippen LogP contribution in [-0.4, -0.2) is 36.9 Å². The summed E-state index contributed by atoms with van der Waals surface area (Å²) in [5.41, 5.74) is 1.52. The lowest BCUT2D eigenvalue weighted by Gasteiger charge is -2.21. The molecule has 0 radical (unpaired) electrons. The van der Waals surface area contributed by atoms with E-state index in [1.807, 2.05) is 36.4 Å². The molecule has 2 atom stereocenters. The van der Waals surface area contributed by atoms with Crippen molar-refractivity contribution in [1.29, 1.82) is 0 Å². The Bertz CT molecular complexity index is 770. The number of benzene rings is 1. The van der Waals surface area contributed by atoms with Crippen LogP contribution in [0.2, 0.25) is 0 Å². The van der Waals surface area contributed by atoms with Gasteiger partial charge in [0.15, 0.2) is 5.11 Å². The van der Waals surface area contributed by atoms with E-state index in [0.29, 0.717) is 15.7 Å². The minimum atomic E-state index is -0.388. The molecular formula is C19H22N2O3S2. The van der Waals surface area contributed by atoms with Crippen molar-refractivity contribution in [3.8, 4) is 10.4 Å². The van der Waals surface area contributed by atoms with E-state index in [4.69, 9.17) is 21.7 Å². The van der Waals surface area contributed by atoms with Crippen molar-refractivity contribution in [2.45, 2.75) is 31.9 Å². The normalized spacial score (nSPS) is 17.5. The smallest absolute Gasteiger partial charge is 0.340 e. The maximum Gasteiger partial charge on any atom is 0.340 e.